The largest absolute Gasteiger partial charge is 0.480 e. The van der Waals surface area contributed by atoms with E-state index in [-0.39, 0.29) is 18.4 Å². The van der Waals surface area contributed by atoms with E-state index in [0.717, 1.165) is 35.1 Å². The average molecular weight is 471 g/mol. The minimum absolute atomic E-state index is 0.0480. The van der Waals surface area contributed by atoms with Crippen molar-refractivity contribution in [2.24, 2.45) is 0 Å². The van der Waals surface area contributed by atoms with E-state index in [4.69, 9.17) is 4.74 Å². The molecule has 0 aromatic heterocycles. The number of ether oxygens (including phenoxy) is 1. The van der Waals surface area contributed by atoms with Crippen LogP contribution in [0.2, 0.25) is 0 Å². The highest BCUT2D eigenvalue weighted by atomic mass is 16.5. The molecule has 3 aromatic carbocycles. The Morgan fingerprint density at radius 3 is 2.29 bits per heavy atom. The summed E-state index contributed by atoms with van der Waals surface area (Å²) < 4.78 is 5.59. The number of anilines is 1. The third kappa shape index (κ3) is 4.49. The number of piperidine rings is 1. The number of carboxylic acid groups (broad SMARTS) is 1. The molecule has 1 heterocycles. The average Bonchev–Trinajstić information content (AvgIpc) is 3.21. The summed E-state index contributed by atoms with van der Waals surface area (Å²) in [5, 5.41) is 12.2. The van der Waals surface area contributed by atoms with Gasteiger partial charge in [-0.15, -0.1) is 0 Å². The molecule has 1 atom stereocenters. The van der Waals surface area contributed by atoms with Crippen LogP contribution in [0.3, 0.4) is 0 Å². The number of carbonyl (C=O) groups excluding carboxylic acids is 2. The molecule has 35 heavy (non-hydrogen) atoms. The monoisotopic (exact) mass is 470 g/mol. The van der Waals surface area contributed by atoms with Gasteiger partial charge in [-0.3, -0.25) is 10.1 Å². The van der Waals surface area contributed by atoms with Crippen molar-refractivity contribution in [3.05, 3.63) is 89.5 Å². The predicted molar refractivity (Wildman–Crippen MR) is 131 cm³/mol. The number of amides is 2. The van der Waals surface area contributed by atoms with Crippen molar-refractivity contribution in [1.82, 2.24) is 4.90 Å². The lowest BCUT2D eigenvalue weighted by molar-refractivity contribution is -0.143. The summed E-state index contributed by atoms with van der Waals surface area (Å²) in [5.41, 5.74) is 5.31. The molecule has 178 valence electrons. The van der Waals surface area contributed by atoms with E-state index in [1.165, 1.54) is 4.90 Å². The molecule has 1 fully saturated rings. The van der Waals surface area contributed by atoms with Crippen LogP contribution in [0.15, 0.2) is 72.8 Å². The van der Waals surface area contributed by atoms with Gasteiger partial charge >= 0.3 is 12.1 Å². The van der Waals surface area contributed by atoms with Crippen molar-refractivity contribution < 1.29 is 24.2 Å². The van der Waals surface area contributed by atoms with Crippen LogP contribution in [0.4, 0.5) is 10.5 Å². The van der Waals surface area contributed by atoms with Gasteiger partial charge in [0.1, 0.15) is 12.6 Å². The van der Waals surface area contributed by atoms with Gasteiger partial charge in [0.25, 0.3) is 5.91 Å². The summed E-state index contributed by atoms with van der Waals surface area (Å²) in [6.45, 7) is 0.590. The summed E-state index contributed by atoms with van der Waals surface area (Å²) >= 11 is 0. The van der Waals surface area contributed by atoms with E-state index < -0.39 is 18.1 Å². The lowest BCUT2D eigenvalue weighted by Crippen LogP contribution is -2.48. The van der Waals surface area contributed by atoms with Gasteiger partial charge in [-0.1, -0.05) is 54.6 Å². The van der Waals surface area contributed by atoms with Crippen LogP contribution >= 0.6 is 0 Å². The molecule has 0 spiro atoms. The van der Waals surface area contributed by atoms with E-state index >= 15 is 0 Å². The number of nitrogens with zero attached hydrogens (tertiary/aromatic N) is 1. The molecular weight excluding hydrogens is 444 g/mol. The van der Waals surface area contributed by atoms with E-state index in [2.05, 4.69) is 29.6 Å². The maximum absolute atomic E-state index is 13.0. The fraction of sp³-hybridized carbons (Fsp3) is 0.250. The number of likely N-dealkylation sites (tertiary alicyclic amines) is 1. The molecule has 0 radical (unpaired) electrons. The molecule has 7 heteroatoms. The van der Waals surface area contributed by atoms with Gasteiger partial charge in [-0.25, -0.2) is 9.59 Å². The van der Waals surface area contributed by atoms with Crippen LogP contribution in [-0.4, -0.2) is 47.2 Å². The van der Waals surface area contributed by atoms with E-state index in [0.29, 0.717) is 24.2 Å². The summed E-state index contributed by atoms with van der Waals surface area (Å²) in [6, 6.07) is 21.9. The SMILES string of the molecule is O=C(Nc1cccc(C(=O)N2CCCC[C@H]2C(=O)O)c1)OCC1c2ccccc2-c2ccccc21. The molecular formula is C28H26N2O5. The quantitative estimate of drug-likeness (QED) is 0.539. The normalized spacial score (nSPS) is 16.8. The number of fused-ring (bicyclic) bond motifs is 3. The zero-order valence-corrected chi connectivity index (χ0v) is 19.1. The molecule has 1 aliphatic heterocycles. The zero-order chi connectivity index (χ0) is 24.4. The molecule has 5 rings (SSSR count). The highest BCUT2D eigenvalue weighted by Gasteiger charge is 2.33. The second kappa shape index (κ2) is 9.62. The van der Waals surface area contributed by atoms with Gasteiger partial charge in [-0.05, 0) is 59.7 Å². The van der Waals surface area contributed by atoms with Crippen LogP contribution in [0, 0.1) is 0 Å². The Balaban J connectivity index is 1.26. The van der Waals surface area contributed by atoms with E-state index in [9.17, 15) is 19.5 Å². The highest BCUT2D eigenvalue weighted by Crippen LogP contribution is 2.44. The number of benzene rings is 3. The number of hydrogen-bond acceptors (Lipinski definition) is 4. The minimum atomic E-state index is -0.994. The molecule has 2 amide bonds. The predicted octanol–water partition coefficient (Wildman–Crippen LogP) is 5.13. The van der Waals surface area contributed by atoms with Gasteiger partial charge in [0, 0.05) is 23.7 Å². The van der Waals surface area contributed by atoms with Crippen molar-refractivity contribution >= 4 is 23.7 Å². The molecule has 1 aliphatic carbocycles. The first kappa shape index (κ1) is 22.7. The Labute approximate surface area is 203 Å². The van der Waals surface area contributed by atoms with Crippen LogP contribution in [0.1, 0.15) is 46.7 Å². The lowest BCUT2D eigenvalue weighted by Gasteiger charge is -2.33. The van der Waals surface area contributed by atoms with E-state index in [1.54, 1.807) is 24.3 Å². The maximum Gasteiger partial charge on any atom is 0.411 e. The van der Waals surface area contributed by atoms with Crippen molar-refractivity contribution in [3.63, 3.8) is 0 Å². The van der Waals surface area contributed by atoms with Crippen LogP contribution in [-0.2, 0) is 9.53 Å². The van der Waals surface area contributed by atoms with E-state index in [1.807, 2.05) is 24.3 Å². The Hall–Kier alpha value is -4.13. The first-order valence-corrected chi connectivity index (χ1v) is 11.8. The third-order valence-electron chi connectivity index (χ3n) is 6.75. The first-order chi connectivity index (χ1) is 17.0. The van der Waals surface area contributed by atoms with Crippen molar-refractivity contribution in [3.8, 4) is 11.1 Å². The molecule has 2 N–H and O–H groups in total. The Morgan fingerprint density at radius 2 is 1.60 bits per heavy atom. The van der Waals surface area contributed by atoms with Gasteiger partial charge in [0.2, 0.25) is 0 Å². The topological polar surface area (TPSA) is 95.9 Å². The highest BCUT2D eigenvalue weighted by molar-refractivity contribution is 5.98. The fourth-order valence-corrected chi connectivity index (χ4v) is 5.08. The second-order valence-electron chi connectivity index (χ2n) is 8.88. The maximum atomic E-state index is 13.0. The van der Waals surface area contributed by atoms with Gasteiger partial charge in [-0.2, -0.15) is 0 Å². The Morgan fingerprint density at radius 1 is 0.914 bits per heavy atom. The van der Waals surface area contributed by atoms with Crippen molar-refractivity contribution in [2.45, 2.75) is 31.2 Å². The lowest BCUT2D eigenvalue weighted by atomic mass is 9.98. The summed E-state index contributed by atoms with van der Waals surface area (Å²) in [7, 11) is 0. The summed E-state index contributed by atoms with van der Waals surface area (Å²) in [6.07, 6.45) is 1.38. The Bertz CT molecular complexity index is 1240. The third-order valence-corrected chi connectivity index (χ3v) is 6.75. The second-order valence-corrected chi connectivity index (χ2v) is 8.88. The summed E-state index contributed by atoms with van der Waals surface area (Å²) in [5.74, 6) is -1.40. The van der Waals surface area contributed by atoms with Gasteiger partial charge in [0.15, 0.2) is 0 Å². The van der Waals surface area contributed by atoms with Crippen molar-refractivity contribution in [2.75, 3.05) is 18.5 Å². The first-order valence-electron chi connectivity index (χ1n) is 11.8. The smallest absolute Gasteiger partial charge is 0.411 e. The zero-order valence-electron chi connectivity index (χ0n) is 19.1. The molecule has 0 unspecified atom stereocenters. The molecule has 7 nitrogen and oxygen atoms in total. The summed E-state index contributed by atoms with van der Waals surface area (Å²) in [4.78, 5) is 38.6. The molecule has 1 saturated heterocycles. The molecule has 0 bridgehead atoms. The van der Waals surface area contributed by atoms with Crippen LogP contribution in [0.25, 0.3) is 11.1 Å². The van der Waals surface area contributed by atoms with Crippen LogP contribution < -0.4 is 5.32 Å². The number of aliphatic carboxylic acids is 1. The number of carboxylic acids is 1. The Kier molecular flexibility index (Phi) is 6.23. The van der Waals surface area contributed by atoms with Crippen LogP contribution in [0.5, 0.6) is 0 Å². The standard InChI is InChI=1S/C28H26N2O5/c31-26(30-15-6-5-14-25(30)27(32)33)18-8-7-9-19(16-18)29-28(34)35-17-24-22-12-3-1-10-20(22)21-11-2-4-13-23(21)24/h1-4,7-13,16,24-25H,5-6,14-15,17H2,(H,29,34)(H,32,33)/t25-/m0/s1. The van der Waals surface area contributed by atoms with Crippen molar-refractivity contribution in [1.29, 1.82) is 0 Å². The molecule has 2 aliphatic rings. The minimum Gasteiger partial charge on any atom is -0.480 e. The molecule has 0 saturated carbocycles. The van der Waals surface area contributed by atoms with Gasteiger partial charge < -0.3 is 14.7 Å². The van der Waals surface area contributed by atoms with Gasteiger partial charge in [0.05, 0.1) is 0 Å². The molecule has 3 aromatic rings. The number of carbonyl (C=O) groups is 3. The fourth-order valence-electron chi connectivity index (χ4n) is 5.08. The number of rotatable bonds is 5. The number of hydrogen-bond donors (Lipinski definition) is 2. The number of nitrogens with one attached hydrogen (secondary N) is 1.